The fourth-order valence-electron chi connectivity index (χ4n) is 9.63. The molecule has 0 bridgehead atoms. The molecule has 0 aliphatic carbocycles. The number of hydrogen-bond donors (Lipinski definition) is 0. The molecule has 0 N–H and O–H groups in total. The highest BCUT2D eigenvalue weighted by molar-refractivity contribution is 7.26. The van der Waals surface area contributed by atoms with Crippen LogP contribution in [0.2, 0.25) is 0 Å². The lowest BCUT2D eigenvalue weighted by Crippen LogP contribution is -1.93. The number of hydrogen-bond acceptors (Lipinski definition) is 3. The van der Waals surface area contributed by atoms with Crippen molar-refractivity contribution < 1.29 is 0 Å². The lowest BCUT2D eigenvalue weighted by Gasteiger charge is -2.09. The van der Waals surface area contributed by atoms with Gasteiger partial charge in [-0.2, -0.15) is 0 Å². The van der Waals surface area contributed by atoms with E-state index >= 15 is 0 Å². The number of benzene rings is 9. The number of rotatable bonds is 6. The van der Waals surface area contributed by atoms with E-state index < -0.39 is 0 Å². The summed E-state index contributed by atoms with van der Waals surface area (Å²) >= 11 is 1.79. The Hall–Kier alpha value is -8.12. The normalized spacial score (nSPS) is 11.8. The smallest absolute Gasteiger partial charge is 0.160 e. The summed E-state index contributed by atoms with van der Waals surface area (Å²) in [5.41, 5.74) is 15.8. The molecule has 13 rings (SSSR count). The Bertz CT molecular complexity index is 3890. The van der Waals surface area contributed by atoms with Crippen LogP contribution in [-0.2, 0) is 0 Å². The highest BCUT2D eigenvalue weighted by Gasteiger charge is 2.21. The average Bonchev–Trinajstić information content (AvgIpc) is 4.02. The number of aromatic nitrogens is 4. The SMILES string of the molecule is c1ccc(-c2nc(-c3ccccc3)c3sc4c(-c5ccc6c(c5)c5cc(-c7ccc8c(c7)c7ccccc7n8-c7ccccc7)ccc5n6-c5ccccc5)cccc4c3n2)cc1. The zero-order valence-electron chi connectivity index (χ0n) is 34.0. The summed E-state index contributed by atoms with van der Waals surface area (Å²) in [5, 5.41) is 6.06. The zero-order valence-corrected chi connectivity index (χ0v) is 34.8. The van der Waals surface area contributed by atoms with E-state index in [0.717, 1.165) is 49.6 Å². The number of fused-ring (bicyclic) bond motifs is 9. The van der Waals surface area contributed by atoms with Gasteiger partial charge in [0.25, 0.3) is 0 Å². The summed E-state index contributed by atoms with van der Waals surface area (Å²) < 4.78 is 7.08. The van der Waals surface area contributed by atoms with Crippen molar-refractivity contribution in [2.75, 3.05) is 0 Å². The van der Waals surface area contributed by atoms with Gasteiger partial charge >= 0.3 is 0 Å². The Morgan fingerprint density at radius 1 is 0.317 bits per heavy atom. The number of thiophene rings is 1. The van der Waals surface area contributed by atoms with Crippen LogP contribution in [0.5, 0.6) is 0 Å². The summed E-state index contributed by atoms with van der Waals surface area (Å²) in [6.07, 6.45) is 0. The summed E-state index contributed by atoms with van der Waals surface area (Å²) in [5.74, 6) is 0.735. The molecule has 9 aromatic carbocycles. The van der Waals surface area contributed by atoms with Crippen molar-refractivity contribution in [3.63, 3.8) is 0 Å². The van der Waals surface area contributed by atoms with Crippen LogP contribution < -0.4 is 0 Å². The van der Waals surface area contributed by atoms with Gasteiger partial charge in [-0.15, -0.1) is 11.3 Å². The predicted molar refractivity (Wildman–Crippen MR) is 265 cm³/mol. The van der Waals surface area contributed by atoms with Gasteiger partial charge < -0.3 is 9.13 Å². The largest absolute Gasteiger partial charge is 0.309 e. The van der Waals surface area contributed by atoms with E-state index in [0.29, 0.717) is 0 Å². The second-order valence-electron chi connectivity index (χ2n) is 16.1. The van der Waals surface area contributed by atoms with E-state index in [1.807, 2.05) is 18.2 Å². The van der Waals surface area contributed by atoms with Gasteiger partial charge in [0, 0.05) is 54.1 Å². The van der Waals surface area contributed by atoms with Gasteiger partial charge in [0.15, 0.2) is 5.82 Å². The number of nitrogens with zero attached hydrogens (tertiary/aromatic N) is 4. The molecule has 0 radical (unpaired) electrons. The first-order chi connectivity index (χ1) is 31.2. The molecule has 13 aromatic rings. The topological polar surface area (TPSA) is 35.6 Å². The lowest BCUT2D eigenvalue weighted by atomic mass is 9.98. The van der Waals surface area contributed by atoms with Crippen molar-refractivity contribution in [2.24, 2.45) is 0 Å². The minimum absolute atomic E-state index is 0.735. The Kier molecular flexibility index (Phi) is 8.05. The van der Waals surface area contributed by atoms with Crippen LogP contribution in [0.15, 0.2) is 218 Å². The molecule has 0 amide bonds. The molecule has 4 heterocycles. The second-order valence-corrected chi connectivity index (χ2v) is 17.2. The fraction of sp³-hybridized carbons (Fsp3) is 0. The second kappa shape index (κ2) is 14.2. The lowest BCUT2D eigenvalue weighted by molar-refractivity contribution is 1.18. The first kappa shape index (κ1) is 35.6. The van der Waals surface area contributed by atoms with Crippen molar-refractivity contribution >= 4 is 75.3 Å². The molecule has 0 spiro atoms. The van der Waals surface area contributed by atoms with Gasteiger partial charge in [-0.3, -0.25) is 0 Å². The minimum atomic E-state index is 0.735. The third-order valence-corrected chi connectivity index (χ3v) is 13.8. The molecule has 0 atom stereocenters. The Labute approximate surface area is 367 Å². The van der Waals surface area contributed by atoms with Gasteiger partial charge in [0.2, 0.25) is 0 Å². The standard InChI is InChI=1S/C58H36N4S/c1-5-16-37(17-6-1)54-57-55(60-58(59-54)38-18-7-2-8-19-38)46-26-15-25-44(56(46)63-57)41-30-33-53-49(36-41)48-35-40(29-32-52(48)62(53)43-22-11-4-12-23-43)39-28-31-51-47(34-39)45-24-13-14-27-50(45)61(51)42-20-9-3-10-21-42/h1-36H. The van der Waals surface area contributed by atoms with Gasteiger partial charge in [-0.05, 0) is 89.0 Å². The molecule has 4 aromatic heterocycles. The van der Waals surface area contributed by atoms with Crippen LogP contribution in [0.25, 0.3) is 120 Å². The van der Waals surface area contributed by atoms with Crippen LogP contribution in [-0.4, -0.2) is 19.1 Å². The quantitative estimate of drug-likeness (QED) is 0.167. The Morgan fingerprint density at radius 2 is 0.794 bits per heavy atom. The van der Waals surface area contributed by atoms with Crippen LogP contribution in [0.4, 0.5) is 0 Å². The molecule has 5 heteroatoms. The third-order valence-electron chi connectivity index (χ3n) is 12.5. The van der Waals surface area contributed by atoms with Crippen LogP contribution in [0.3, 0.4) is 0 Å². The van der Waals surface area contributed by atoms with Crippen molar-refractivity contribution in [1.82, 2.24) is 19.1 Å². The Morgan fingerprint density at radius 3 is 1.41 bits per heavy atom. The summed E-state index contributed by atoms with van der Waals surface area (Å²) in [6, 6.07) is 78.5. The molecule has 63 heavy (non-hydrogen) atoms. The highest BCUT2D eigenvalue weighted by atomic mass is 32.1. The van der Waals surface area contributed by atoms with E-state index in [-0.39, 0.29) is 0 Å². The molecule has 0 unspecified atom stereocenters. The van der Waals surface area contributed by atoms with Gasteiger partial charge in [-0.25, -0.2) is 9.97 Å². The molecule has 0 aliphatic heterocycles. The molecule has 0 fully saturated rings. The molecule has 294 valence electrons. The molecular weight excluding hydrogens is 785 g/mol. The van der Waals surface area contributed by atoms with E-state index in [1.54, 1.807) is 11.3 Å². The maximum atomic E-state index is 5.27. The molecule has 0 saturated heterocycles. The van der Waals surface area contributed by atoms with E-state index in [1.165, 1.54) is 70.6 Å². The van der Waals surface area contributed by atoms with Gasteiger partial charge in [0.1, 0.15) is 0 Å². The van der Waals surface area contributed by atoms with Crippen LogP contribution in [0.1, 0.15) is 0 Å². The van der Waals surface area contributed by atoms with Gasteiger partial charge in [-0.1, -0.05) is 152 Å². The third kappa shape index (κ3) is 5.67. The van der Waals surface area contributed by atoms with E-state index in [2.05, 4.69) is 209 Å². The van der Waals surface area contributed by atoms with E-state index in [9.17, 15) is 0 Å². The van der Waals surface area contributed by atoms with Crippen molar-refractivity contribution in [1.29, 1.82) is 0 Å². The van der Waals surface area contributed by atoms with E-state index in [4.69, 9.17) is 9.97 Å². The van der Waals surface area contributed by atoms with Crippen molar-refractivity contribution in [3.8, 4) is 56.3 Å². The van der Waals surface area contributed by atoms with Gasteiger partial charge in [0.05, 0.1) is 38.0 Å². The summed E-state index contributed by atoms with van der Waals surface area (Å²) in [4.78, 5) is 10.5. The van der Waals surface area contributed by atoms with Crippen LogP contribution >= 0.6 is 11.3 Å². The summed E-state index contributed by atoms with van der Waals surface area (Å²) in [6.45, 7) is 0. The first-order valence-electron chi connectivity index (χ1n) is 21.3. The van der Waals surface area contributed by atoms with Crippen LogP contribution in [0, 0.1) is 0 Å². The molecule has 0 saturated carbocycles. The zero-order chi connectivity index (χ0) is 41.4. The fourth-order valence-corrected chi connectivity index (χ4v) is 10.9. The molecule has 0 aliphatic rings. The summed E-state index contributed by atoms with van der Waals surface area (Å²) in [7, 11) is 0. The molecular formula is C58H36N4S. The number of para-hydroxylation sites is 3. The highest BCUT2D eigenvalue weighted by Crippen LogP contribution is 2.45. The maximum absolute atomic E-state index is 5.27. The average molecular weight is 821 g/mol. The monoisotopic (exact) mass is 820 g/mol. The minimum Gasteiger partial charge on any atom is -0.309 e. The van der Waals surface area contributed by atoms with Crippen molar-refractivity contribution in [2.45, 2.75) is 0 Å². The maximum Gasteiger partial charge on any atom is 0.160 e. The predicted octanol–water partition coefficient (Wildman–Crippen LogP) is 15.7. The first-order valence-corrected chi connectivity index (χ1v) is 22.1. The molecule has 4 nitrogen and oxygen atoms in total. The van der Waals surface area contributed by atoms with Crippen molar-refractivity contribution in [3.05, 3.63) is 218 Å². The Balaban J connectivity index is 1.01.